The molecule has 2 aromatic carbocycles. The summed E-state index contributed by atoms with van der Waals surface area (Å²) in [5, 5.41) is 9.14. The maximum atomic E-state index is 12.9. The van der Waals surface area contributed by atoms with Gasteiger partial charge in [-0.1, -0.05) is 12.1 Å². The maximum absolute atomic E-state index is 12.9. The number of ether oxygens (including phenoxy) is 3. The van der Waals surface area contributed by atoms with Crippen LogP contribution in [-0.4, -0.2) is 56.3 Å². The van der Waals surface area contributed by atoms with Crippen LogP contribution >= 0.6 is 0 Å². The number of amides is 1. The van der Waals surface area contributed by atoms with Crippen LogP contribution in [0.1, 0.15) is 27.0 Å². The lowest BCUT2D eigenvalue weighted by Gasteiger charge is -2.20. The first-order valence-electron chi connectivity index (χ1n) is 9.39. The number of nitrogens with zero attached hydrogens (tertiary/aromatic N) is 1. The average molecular weight is 399 g/mol. The van der Waals surface area contributed by atoms with E-state index < -0.39 is 5.97 Å². The third-order valence-electron chi connectivity index (χ3n) is 5.19. The molecule has 0 radical (unpaired) electrons. The molecule has 0 aromatic heterocycles. The number of carbonyl (C=O) groups is 2. The van der Waals surface area contributed by atoms with Gasteiger partial charge in [0.25, 0.3) is 0 Å². The van der Waals surface area contributed by atoms with Crippen molar-refractivity contribution in [1.29, 1.82) is 0 Å². The minimum atomic E-state index is -1.00. The Balaban J connectivity index is 1.79. The molecule has 1 aliphatic rings. The Bertz CT molecular complexity index is 924. The third kappa shape index (κ3) is 4.29. The molecule has 0 saturated heterocycles. The summed E-state index contributed by atoms with van der Waals surface area (Å²) < 4.78 is 16.5. The van der Waals surface area contributed by atoms with Crippen molar-refractivity contribution in [2.45, 2.75) is 19.3 Å². The van der Waals surface area contributed by atoms with E-state index in [9.17, 15) is 9.59 Å². The van der Waals surface area contributed by atoms with E-state index in [0.29, 0.717) is 48.7 Å². The van der Waals surface area contributed by atoms with E-state index in [-0.39, 0.29) is 17.9 Å². The van der Waals surface area contributed by atoms with Gasteiger partial charge in [-0.3, -0.25) is 4.79 Å². The van der Waals surface area contributed by atoms with Gasteiger partial charge in [0.1, 0.15) is 0 Å². The number of fused-ring (bicyclic) bond motifs is 1. The zero-order chi connectivity index (χ0) is 21.0. The molecule has 0 bridgehead atoms. The Morgan fingerprint density at radius 2 is 1.72 bits per heavy atom. The van der Waals surface area contributed by atoms with Gasteiger partial charge in [-0.05, 0) is 42.2 Å². The molecule has 1 aliphatic heterocycles. The second-order valence-corrected chi connectivity index (χ2v) is 6.85. The van der Waals surface area contributed by atoms with Gasteiger partial charge in [-0.15, -0.1) is 0 Å². The number of carboxylic acids is 1. The lowest BCUT2D eigenvalue weighted by Crippen LogP contribution is -2.34. The number of benzene rings is 2. The van der Waals surface area contributed by atoms with E-state index in [2.05, 4.69) is 0 Å². The van der Waals surface area contributed by atoms with Crippen molar-refractivity contribution in [1.82, 2.24) is 4.90 Å². The Hall–Kier alpha value is -3.22. The van der Waals surface area contributed by atoms with Crippen molar-refractivity contribution in [3.05, 3.63) is 52.6 Å². The summed E-state index contributed by atoms with van der Waals surface area (Å²) >= 11 is 0. The molecule has 1 heterocycles. The van der Waals surface area contributed by atoms with Crippen molar-refractivity contribution >= 4 is 11.9 Å². The summed E-state index contributed by atoms with van der Waals surface area (Å²) in [4.78, 5) is 25.8. The lowest BCUT2D eigenvalue weighted by atomic mass is 10.0. The van der Waals surface area contributed by atoms with Crippen molar-refractivity contribution in [2.75, 3.05) is 34.4 Å². The van der Waals surface area contributed by atoms with Crippen LogP contribution in [0.15, 0.2) is 30.3 Å². The highest BCUT2D eigenvalue weighted by Crippen LogP contribution is 2.43. The fourth-order valence-electron chi connectivity index (χ4n) is 3.73. The summed E-state index contributed by atoms with van der Waals surface area (Å²) in [5.41, 5.74) is 2.97. The van der Waals surface area contributed by atoms with Crippen LogP contribution in [0.2, 0.25) is 0 Å². The van der Waals surface area contributed by atoms with Crippen LogP contribution in [0.25, 0.3) is 0 Å². The topological polar surface area (TPSA) is 85.3 Å². The molecule has 29 heavy (non-hydrogen) atoms. The van der Waals surface area contributed by atoms with E-state index in [1.807, 2.05) is 11.0 Å². The molecule has 0 unspecified atom stereocenters. The fourth-order valence-corrected chi connectivity index (χ4v) is 3.73. The molecule has 0 aliphatic carbocycles. The second-order valence-electron chi connectivity index (χ2n) is 6.85. The highest BCUT2D eigenvalue weighted by Gasteiger charge is 2.25. The standard InChI is InChI=1S/C22H25NO6/c1-27-18-13-15-7-9-23(10-8-17(15)20(28-2)21(18)29-3)19(24)12-14-5-4-6-16(11-14)22(25)26/h4-6,11,13H,7-10,12H2,1-3H3,(H,25,26). The van der Waals surface area contributed by atoms with Crippen LogP contribution in [0.5, 0.6) is 17.2 Å². The molecule has 0 atom stereocenters. The van der Waals surface area contributed by atoms with Crippen molar-refractivity contribution < 1.29 is 28.9 Å². The van der Waals surface area contributed by atoms with Gasteiger partial charge in [0.05, 0.1) is 33.3 Å². The maximum Gasteiger partial charge on any atom is 0.335 e. The summed E-state index contributed by atoms with van der Waals surface area (Å²) in [6, 6.07) is 8.45. The minimum Gasteiger partial charge on any atom is -0.493 e. The van der Waals surface area contributed by atoms with E-state index in [1.165, 1.54) is 6.07 Å². The first-order chi connectivity index (χ1) is 14.0. The highest BCUT2D eigenvalue weighted by molar-refractivity contribution is 5.88. The summed E-state index contributed by atoms with van der Waals surface area (Å²) in [6.45, 7) is 1.12. The molecular formula is C22H25NO6. The molecule has 7 heteroatoms. The predicted molar refractivity (Wildman–Crippen MR) is 107 cm³/mol. The summed E-state index contributed by atoms with van der Waals surface area (Å²) in [7, 11) is 4.76. The molecule has 0 fully saturated rings. The lowest BCUT2D eigenvalue weighted by molar-refractivity contribution is -0.130. The van der Waals surface area contributed by atoms with Crippen LogP contribution in [0.3, 0.4) is 0 Å². The number of hydrogen-bond donors (Lipinski definition) is 1. The Kier molecular flexibility index (Phi) is 6.26. The minimum absolute atomic E-state index is 0.0294. The van der Waals surface area contributed by atoms with Crippen LogP contribution in [0, 0.1) is 0 Å². The van der Waals surface area contributed by atoms with Crippen LogP contribution in [0.4, 0.5) is 0 Å². The number of methoxy groups -OCH3 is 3. The quantitative estimate of drug-likeness (QED) is 0.804. The Morgan fingerprint density at radius 3 is 2.38 bits per heavy atom. The van der Waals surface area contributed by atoms with Gasteiger partial charge in [0.15, 0.2) is 11.5 Å². The van der Waals surface area contributed by atoms with E-state index in [4.69, 9.17) is 19.3 Å². The fraction of sp³-hybridized carbons (Fsp3) is 0.364. The number of carboxylic acid groups (broad SMARTS) is 1. The van der Waals surface area contributed by atoms with E-state index in [1.54, 1.807) is 39.5 Å². The normalized spacial score (nSPS) is 13.3. The van der Waals surface area contributed by atoms with Crippen molar-refractivity contribution in [2.24, 2.45) is 0 Å². The zero-order valence-corrected chi connectivity index (χ0v) is 16.9. The summed E-state index contributed by atoms with van der Waals surface area (Å²) in [6.07, 6.45) is 1.48. The van der Waals surface area contributed by atoms with Gasteiger partial charge in [0.2, 0.25) is 11.7 Å². The monoisotopic (exact) mass is 399 g/mol. The number of hydrogen-bond acceptors (Lipinski definition) is 5. The smallest absolute Gasteiger partial charge is 0.335 e. The average Bonchev–Trinajstić information content (AvgIpc) is 2.94. The number of aromatic carboxylic acids is 1. The molecule has 154 valence electrons. The largest absolute Gasteiger partial charge is 0.493 e. The SMILES string of the molecule is COc1cc2c(c(OC)c1OC)CCN(C(=O)Cc1cccc(C(=O)O)c1)CC2. The molecule has 7 nitrogen and oxygen atoms in total. The third-order valence-corrected chi connectivity index (χ3v) is 5.19. The van der Waals surface area contributed by atoms with Gasteiger partial charge in [-0.25, -0.2) is 4.79 Å². The van der Waals surface area contributed by atoms with Crippen molar-refractivity contribution in [3.63, 3.8) is 0 Å². The molecule has 0 saturated carbocycles. The predicted octanol–water partition coefficient (Wildman–Crippen LogP) is 2.58. The molecule has 1 amide bonds. The Labute approximate surface area is 169 Å². The molecule has 1 N–H and O–H groups in total. The number of carbonyl (C=O) groups excluding carboxylic acids is 1. The molecule has 2 aromatic rings. The first kappa shape index (κ1) is 20.5. The van der Waals surface area contributed by atoms with Crippen molar-refractivity contribution in [3.8, 4) is 17.2 Å². The van der Waals surface area contributed by atoms with Gasteiger partial charge >= 0.3 is 5.97 Å². The molecule has 3 rings (SSSR count). The second kappa shape index (κ2) is 8.86. The number of rotatable bonds is 6. The van der Waals surface area contributed by atoms with Gasteiger partial charge < -0.3 is 24.2 Å². The zero-order valence-electron chi connectivity index (χ0n) is 16.9. The molecule has 0 spiro atoms. The van der Waals surface area contributed by atoms with E-state index >= 15 is 0 Å². The summed E-state index contributed by atoms with van der Waals surface area (Å²) in [5.74, 6) is 0.774. The first-order valence-corrected chi connectivity index (χ1v) is 9.39. The molecular weight excluding hydrogens is 374 g/mol. The van der Waals surface area contributed by atoms with Crippen LogP contribution in [-0.2, 0) is 24.1 Å². The van der Waals surface area contributed by atoms with E-state index in [0.717, 1.165) is 11.1 Å². The van der Waals surface area contributed by atoms with Crippen LogP contribution < -0.4 is 14.2 Å². The Morgan fingerprint density at radius 1 is 1.00 bits per heavy atom. The van der Waals surface area contributed by atoms with Gasteiger partial charge in [0, 0.05) is 18.7 Å². The highest BCUT2D eigenvalue weighted by atomic mass is 16.5. The van der Waals surface area contributed by atoms with Gasteiger partial charge in [-0.2, -0.15) is 0 Å².